The molecule has 1 atom stereocenters. The molecule has 2 aromatic rings. The Labute approximate surface area is 172 Å². The summed E-state index contributed by atoms with van der Waals surface area (Å²) >= 11 is 5.67. The number of nitrogens with zero attached hydrogens (tertiary/aromatic N) is 1. The summed E-state index contributed by atoms with van der Waals surface area (Å²) < 4.78 is 29.3. The molecule has 0 saturated carbocycles. The number of rotatable bonds is 6. The van der Waals surface area contributed by atoms with E-state index in [0.29, 0.717) is 18.1 Å². The number of aryl methyl sites for hydroxylation is 1. The van der Waals surface area contributed by atoms with Gasteiger partial charge in [-0.1, -0.05) is 31.2 Å². The van der Waals surface area contributed by atoms with Crippen molar-refractivity contribution in [3.8, 4) is 5.75 Å². The summed E-state index contributed by atoms with van der Waals surface area (Å²) in [5.74, 6) is 1.14. The summed E-state index contributed by atoms with van der Waals surface area (Å²) in [6.07, 6.45) is 1.57. The van der Waals surface area contributed by atoms with Gasteiger partial charge in [0.2, 0.25) is 0 Å². The number of hydrogen-bond donors (Lipinski definition) is 1. The maximum Gasteiger partial charge on any atom is 0.174 e. The van der Waals surface area contributed by atoms with E-state index < -0.39 is 9.84 Å². The number of ether oxygens (including phenoxy) is 1. The van der Waals surface area contributed by atoms with Crippen LogP contribution in [0.1, 0.15) is 24.5 Å². The van der Waals surface area contributed by atoms with Crippen LogP contribution in [0.4, 0.5) is 5.69 Å². The number of sulfone groups is 1. The first-order chi connectivity index (χ1) is 13.4. The Morgan fingerprint density at radius 2 is 1.79 bits per heavy atom. The second-order valence-electron chi connectivity index (χ2n) is 7.01. The summed E-state index contributed by atoms with van der Waals surface area (Å²) in [4.78, 5) is 2.00. The molecule has 1 N–H and O–H groups in total. The molecule has 3 rings (SSSR count). The second-order valence-corrected chi connectivity index (χ2v) is 9.63. The summed E-state index contributed by atoms with van der Waals surface area (Å²) in [5.41, 5.74) is 3.21. The van der Waals surface area contributed by atoms with E-state index in [-0.39, 0.29) is 17.5 Å². The Balaban J connectivity index is 1.78. The van der Waals surface area contributed by atoms with Crippen molar-refractivity contribution in [3.05, 3.63) is 59.7 Å². The smallest absolute Gasteiger partial charge is 0.174 e. The Morgan fingerprint density at radius 3 is 2.32 bits per heavy atom. The molecule has 28 heavy (non-hydrogen) atoms. The summed E-state index contributed by atoms with van der Waals surface area (Å²) in [6.45, 7) is 2.66. The van der Waals surface area contributed by atoms with Gasteiger partial charge in [-0.15, -0.1) is 0 Å². The maximum absolute atomic E-state index is 12.0. The zero-order chi connectivity index (χ0) is 20.1. The molecule has 1 saturated heterocycles. The van der Waals surface area contributed by atoms with E-state index in [9.17, 15) is 8.42 Å². The first-order valence-corrected chi connectivity index (χ1v) is 11.6. The Morgan fingerprint density at radius 1 is 1.14 bits per heavy atom. The van der Waals surface area contributed by atoms with Crippen molar-refractivity contribution < 1.29 is 13.2 Å². The highest BCUT2D eigenvalue weighted by molar-refractivity contribution is 7.91. The van der Waals surface area contributed by atoms with Crippen LogP contribution in [0.15, 0.2) is 48.5 Å². The van der Waals surface area contributed by atoms with Crippen molar-refractivity contribution in [2.75, 3.05) is 23.9 Å². The van der Waals surface area contributed by atoms with Gasteiger partial charge in [0.25, 0.3) is 0 Å². The summed E-state index contributed by atoms with van der Waals surface area (Å²) in [6, 6.07) is 15.8. The lowest BCUT2D eigenvalue weighted by molar-refractivity contribution is 0.332. The minimum Gasteiger partial charge on any atom is -0.497 e. The number of anilines is 1. The van der Waals surface area contributed by atoms with Crippen LogP contribution in [0.5, 0.6) is 5.75 Å². The summed E-state index contributed by atoms with van der Waals surface area (Å²) in [7, 11) is -1.38. The number of benzene rings is 2. The SMILES string of the molecule is CCc1ccc(NC(=S)N(Cc2ccc(OC)cc2)[C@H]2CCS(=O)(=O)C2)cc1. The molecule has 0 aromatic heterocycles. The van der Waals surface area contributed by atoms with Crippen LogP contribution >= 0.6 is 12.2 Å². The van der Waals surface area contributed by atoms with Gasteiger partial charge >= 0.3 is 0 Å². The van der Waals surface area contributed by atoms with Crippen LogP contribution in [0, 0.1) is 0 Å². The number of methoxy groups -OCH3 is 1. The van der Waals surface area contributed by atoms with Crippen molar-refractivity contribution in [3.63, 3.8) is 0 Å². The van der Waals surface area contributed by atoms with Gasteiger partial charge in [-0.25, -0.2) is 8.42 Å². The molecule has 0 bridgehead atoms. The van der Waals surface area contributed by atoms with E-state index in [4.69, 9.17) is 17.0 Å². The third-order valence-corrected chi connectivity index (χ3v) is 7.12. The van der Waals surface area contributed by atoms with Gasteiger partial charge in [-0.05, 0) is 60.5 Å². The van der Waals surface area contributed by atoms with Gasteiger partial charge in [0.05, 0.1) is 18.6 Å². The summed E-state index contributed by atoms with van der Waals surface area (Å²) in [5, 5.41) is 3.82. The predicted molar refractivity (Wildman–Crippen MR) is 118 cm³/mol. The Hall–Kier alpha value is -2.12. The van der Waals surface area contributed by atoms with Gasteiger partial charge < -0.3 is 15.0 Å². The first kappa shape index (κ1) is 20.6. The van der Waals surface area contributed by atoms with Crippen molar-refractivity contribution in [1.29, 1.82) is 0 Å². The molecule has 7 heteroatoms. The minimum absolute atomic E-state index is 0.123. The molecule has 0 radical (unpaired) electrons. The topological polar surface area (TPSA) is 58.6 Å². The fraction of sp³-hybridized carbons (Fsp3) is 0.381. The highest BCUT2D eigenvalue weighted by Crippen LogP contribution is 2.23. The van der Waals surface area contributed by atoms with Gasteiger partial charge in [0.1, 0.15) is 5.75 Å². The molecular formula is C21H26N2O3S2. The second kappa shape index (κ2) is 8.92. The first-order valence-electron chi connectivity index (χ1n) is 9.40. The number of thiocarbonyl (C=S) groups is 1. The van der Waals surface area contributed by atoms with E-state index in [2.05, 4.69) is 24.4 Å². The van der Waals surface area contributed by atoms with Crippen LogP contribution in [0.2, 0.25) is 0 Å². The lowest BCUT2D eigenvalue weighted by Gasteiger charge is -2.31. The Bertz CT molecular complexity index is 910. The van der Waals surface area contributed by atoms with Crippen LogP contribution in [-0.2, 0) is 22.8 Å². The molecule has 0 aliphatic carbocycles. The average molecular weight is 419 g/mol. The van der Waals surface area contributed by atoms with E-state index in [1.54, 1.807) is 7.11 Å². The average Bonchev–Trinajstić information content (AvgIpc) is 3.06. The highest BCUT2D eigenvalue weighted by atomic mass is 32.2. The molecule has 1 aliphatic rings. The molecule has 5 nitrogen and oxygen atoms in total. The van der Waals surface area contributed by atoms with E-state index in [1.807, 2.05) is 41.3 Å². The molecule has 150 valence electrons. The fourth-order valence-corrected chi connectivity index (χ4v) is 5.40. The lowest BCUT2D eigenvalue weighted by atomic mass is 10.1. The van der Waals surface area contributed by atoms with Gasteiger partial charge in [-0.3, -0.25) is 0 Å². The molecule has 0 unspecified atom stereocenters. The molecule has 0 spiro atoms. The maximum atomic E-state index is 12.0. The van der Waals surface area contributed by atoms with Crippen LogP contribution in [0.3, 0.4) is 0 Å². The third kappa shape index (κ3) is 5.23. The fourth-order valence-electron chi connectivity index (χ4n) is 3.33. The van der Waals surface area contributed by atoms with Crippen molar-refractivity contribution >= 4 is 32.9 Å². The van der Waals surface area contributed by atoms with Crippen molar-refractivity contribution in [2.24, 2.45) is 0 Å². The molecule has 2 aromatic carbocycles. The van der Waals surface area contributed by atoms with Crippen LogP contribution in [-0.4, -0.2) is 43.1 Å². The molecule has 1 fully saturated rings. The van der Waals surface area contributed by atoms with E-state index in [0.717, 1.165) is 23.4 Å². The molecule has 1 aliphatic heterocycles. The van der Waals surface area contributed by atoms with Gasteiger partial charge in [0, 0.05) is 18.3 Å². The monoisotopic (exact) mass is 418 g/mol. The van der Waals surface area contributed by atoms with Crippen molar-refractivity contribution in [2.45, 2.75) is 32.4 Å². The third-order valence-electron chi connectivity index (χ3n) is 5.04. The Kier molecular flexibility index (Phi) is 6.57. The normalized spacial score (nSPS) is 17.9. The quantitative estimate of drug-likeness (QED) is 0.723. The molecular weight excluding hydrogens is 392 g/mol. The zero-order valence-electron chi connectivity index (χ0n) is 16.2. The standard InChI is InChI=1S/C21H26N2O3S2/c1-3-16-4-8-18(9-5-16)22-21(27)23(19-12-13-28(24,25)15-19)14-17-6-10-20(26-2)11-7-17/h4-11,19H,3,12-15H2,1-2H3,(H,22,27)/t19-/m0/s1. The number of hydrogen-bond acceptors (Lipinski definition) is 4. The van der Waals surface area contributed by atoms with E-state index in [1.165, 1.54) is 5.56 Å². The van der Waals surface area contributed by atoms with Gasteiger partial charge in [0.15, 0.2) is 14.9 Å². The van der Waals surface area contributed by atoms with Crippen molar-refractivity contribution in [1.82, 2.24) is 4.90 Å². The highest BCUT2D eigenvalue weighted by Gasteiger charge is 2.33. The van der Waals surface area contributed by atoms with Crippen LogP contribution in [0.25, 0.3) is 0 Å². The molecule has 0 amide bonds. The van der Waals surface area contributed by atoms with Gasteiger partial charge in [-0.2, -0.15) is 0 Å². The number of nitrogens with one attached hydrogen (secondary N) is 1. The van der Waals surface area contributed by atoms with E-state index >= 15 is 0 Å². The molecule has 1 heterocycles. The predicted octanol–water partition coefficient (Wildman–Crippen LogP) is 3.64. The zero-order valence-corrected chi connectivity index (χ0v) is 17.9. The lowest BCUT2D eigenvalue weighted by Crippen LogP contribution is -2.43. The minimum atomic E-state index is -3.01. The largest absolute Gasteiger partial charge is 0.497 e. The van der Waals surface area contributed by atoms with Crippen LogP contribution < -0.4 is 10.1 Å².